The summed E-state index contributed by atoms with van der Waals surface area (Å²) in [6.07, 6.45) is 9.77. The smallest absolute Gasteiger partial charge is 0.328 e. The number of benzene rings is 1. The molecule has 1 aliphatic rings. The lowest BCUT2D eigenvalue weighted by atomic mass is 9.89. The van der Waals surface area contributed by atoms with Gasteiger partial charge in [0.15, 0.2) is 0 Å². The van der Waals surface area contributed by atoms with Crippen molar-refractivity contribution in [3.63, 3.8) is 0 Å². The maximum absolute atomic E-state index is 12.9. The van der Waals surface area contributed by atoms with Gasteiger partial charge in [-0.15, -0.1) is 0 Å². The Morgan fingerprint density at radius 2 is 1.96 bits per heavy atom. The van der Waals surface area contributed by atoms with Crippen LogP contribution in [0.4, 0.5) is 0 Å². The summed E-state index contributed by atoms with van der Waals surface area (Å²) in [5, 5.41) is 3.80. The third kappa shape index (κ3) is 4.52. The number of aromatic nitrogens is 1. The SMILES string of the molecule is CCCC(NC(=O)c1cn(CC2CCCCC2)c2ccccc12)C(=O)OC. The van der Waals surface area contributed by atoms with Crippen molar-refractivity contribution in [2.75, 3.05) is 7.11 Å². The summed E-state index contributed by atoms with van der Waals surface area (Å²) in [6, 6.07) is 7.41. The van der Waals surface area contributed by atoms with E-state index in [1.165, 1.54) is 39.2 Å². The second kappa shape index (κ2) is 9.07. The zero-order valence-electron chi connectivity index (χ0n) is 16.4. The van der Waals surface area contributed by atoms with E-state index in [9.17, 15) is 9.59 Å². The Kier molecular flexibility index (Phi) is 6.54. The van der Waals surface area contributed by atoms with Gasteiger partial charge in [-0.1, -0.05) is 50.8 Å². The van der Waals surface area contributed by atoms with E-state index in [1.807, 2.05) is 31.3 Å². The number of hydrogen-bond acceptors (Lipinski definition) is 3. The van der Waals surface area contributed by atoms with E-state index in [0.29, 0.717) is 17.9 Å². The zero-order valence-corrected chi connectivity index (χ0v) is 16.4. The second-order valence-electron chi connectivity index (χ2n) is 7.55. The summed E-state index contributed by atoms with van der Waals surface area (Å²) in [4.78, 5) is 24.9. The Labute approximate surface area is 161 Å². The molecule has 3 rings (SSSR count). The summed E-state index contributed by atoms with van der Waals surface area (Å²) in [7, 11) is 1.35. The minimum absolute atomic E-state index is 0.211. The van der Waals surface area contributed by atoms with Crippen LogP contribution in [-0.4, -0.2) is 29.6 Å². The topological polar surface area (TPSA) is 60.3 Å². The molecule has 5 heteroatoms. The molecule has 1 unspecified atom stereocenters. The largest absolute Gasteiger partial charge is 0.467 e. The number of methoxy groups -OCH3 is 1. The number of para-hydroxylation sites is 1. The van der Waals surface area contributed by atoms with Gasteiger partial charge in [-0.25, -0.2) is 4.79 Å². The van der Waals surface area contributed by atoms with Gasteiger partial charge in [0.2, 0.25) is 0 Å². The van der Waals surface area contributed by atoms with E-state index in [0.717, 1.165) is 23.9 Å². The summed E-state index contributed by atoms with van der Waals surface area (Å²) >= 11 is 0. The van der Waals surface area contributed by atoms with Gasteiger partial charge in [0, 0.05) is 23.6 Å². The maximum Gasteiger partial charge on any atom is 0.328 e. The van der Waals surface area contributed by atoms with Crippen LogP contribution in [-0.2, 0) is 16.1 Å². The number of hydrogen-bond donors (Lipinski definition) is 1. The summed E-state index contributed by atoms with van der Waals surface area (Å²) in [6.45, 7) is 2.93. The summed E-state index contributed by atoms with van der Waals surface area (Å²) in [5.41, 5.74) is 1.71. The molecule has 0 spiro atoms. The number of esters is 1. The molecule has 1 atom stereocenters. The number of ether oxygens (including phenoxy) is 1. The van der Waals surface area contributed by atoms with Crippen LogP contribution in [0.1, 0.15) is 62.2 Å². The standard InChI is InChI=1S/C22H30N2O3/c1-3-9-19(22(26)27-2)23-21(25)18-15-24(14-16-10-5-4-6-11-16)20-13-8-7-12-17(18)20/h7-8,12-13,15-16,19H,3-6,9-11,14H2,1-2H3,(H,23,25). The van der Waals surface area contributed by atoms with Gasteiger partial charge in [0.1, 0.15) is 6.04 Å². The van der Waals surface area contributed by atoms with Gasteiger partial charge in [-0.05, 0) is 31.2 Å². The Morgan fingerprint density at radius 3 is 2.67 bits per heavy atom. The van der Waals surface area contributed by atoms with E-state index < -0.39 is 12.0 Å². The second-order valence-corrected chi connectivity index (χ2v) is 7.55. The number of amides is 1. The molecule has 1 aromatic carbocycles. The van der Waals surface area contributed by atoms with Crippen molar-refractivity contribution >= 4 is 22.8 Å². The average Bonchev–Trinajstić information content (AvgIpc) is 3.06. The Balaban J connectivity index is 1.85. The van der Waals surface area contributed by atoms with Crippen LogP contribution in [0, 0.1) is 5.92 Å². The number of carbonyl (C=O) groups is 2. The van der Waals surface area contributed by atoms with Crippen molar-refractivity contribution in [2.24, 2.45) is 5.92 Å². The van der Waals surface area contributed by atoms with E-state index in [1.54, 1.807) is 0 Å². The lowest BCUT2D eigenvalue weighted by molar-refractivity contribution is -0.143. The van der Waals surface area contributed by atoms with Crippen LogP contribution < -0.4 is 5.32 Å². The lowest BCUT2D eigenvalue weighted by Crippen LogP contribution is -2.41. The van der Waals surface area contributed by atoms with E-state index in [-0.39, 0.29) is 5.91 Å². The van der Waals surface area contributed by atoms with Gasteiger partial charge in [-0.3, -0.25) is 4.79 Å². The molecule has 146 valence electrons. The minimum atomic E-state index is -0.604. The van der Waals surface area contributed by atoms with Crippen molar-refractivity contribution in [3.8, 4) is 0 Å². The molecule has 0 aliphatic heterocycles. The van der Waals surface area contributed by atoms with Crippen LogP contribution in [0.2, 0.25) is 0 Å². The molecule has 0 saturated heterocycles. The predicted molar refractivity (Wildman–Crippen MR) is 107 cm³/mol. The number of fused-ring (bicyclic) bond motifs is 1. The third-order valence-corrected chi connectivity index (χ3v) is 5.58. The Bertz CT molecular complexity index is 790. The fourth-order valence-corrected chi connectivity index (χ4v) is 4.14. The van der Waals surface area contributed by atoms with Gasteiger partial charge in [0.25, 0.3) is 5.91 Å². The molecule has 0 bridgehead atoms. The summed E-state index contributed by atoms with van der Waals surface area (Å²) < 4.78 is 7.05. The van der Waals surface area contributed by atoms with Crippen molar-refractivity contribution < 1.29 is 14.3 Å². The number of nitrogens with zero attached hydrogens (tertiary/aromatic N) is 1. The molecule has 2 aromatic rings. The van der Waals surface area contributed by atoms with E-state index >= 15 is 0 Å². The average molecular weight is 370 g/mol. The molecule has 1 saturated carbocycles. The number of nitrogens with one attached hydrogen (secondary N) is 1. The first kappa shape index (κ1) is 19.5. The van der Waals surface area contributed by atoms with Crippen molar-refractivity contribution in [3.05, 3.63) is 36.0 Å². The maximum atomic E-state index is 12.9. The molecule has 1 aromatic heterocycles. The van der Waals surface area contributed by atoms with Gasteiger partial charge in [-0.2, -0.15) is 0 Å². The molecule has 1 amide bonds. The quantitative estimate of drug-likeness (QED) is 0.740. The van der Waals surface area contributed by atoms with Gasteiger partial charge >= 0.3 is 5.97 Å². The minimum Gasteiger partial charge on any atom is -0.467 e. The van der Waals surface area contributed by atoms with Crippen molar-refractivity contribution in [1.82, 2.24) is 9.88 Å². The van der Waals surface area contributed by atoms with Gasteiger partial charge < -0.3 is 14.6 Å². The molecule has 5 nitrogen and oxygen atoms in total. The molecular weight excluding hydrogens is 340 g/mol. The molecule has 0 radical (unpaired) electrons. The highest BCUT2D eigenvalue weighted by Gasteiger charge is 2.24. The van der Waals surface area contributed by atoms with Crippen molar-refractivity contribution in [2.45, 2.75) is 64.5 Å². The molecule has 27 heavy (non-hydrogen) atoms. The normalized spacial score (nSPS) is 16.2. The van der Waals surface area contributed by atoms with E-state index in [2.05, 4.69) is 16.0 Å². The van der Waals surface area contributed by atoms with Crippen LogP contribution in [0.15, 0.2) is 30.5 Å². The molecule has 1 fully saturated rings. The lowest BCUT2D eigenvalue weighted by Gasteiger charge is -2.22. The molecule has 1 N–H and O–H groups in total. The predicted octanol–water partition coefficient (Wildman–Crippen LogP) is 4.29. The van der Waals surface area contributed by atoms with Crippen LogP contribution in [0.25, 0.3) is 10.9 Å². The highest BCUT2D eigenvalue weighted by Crippen LogP contribution is 2.28. The number of rotatable bonds is 7. The summed E-state index contributed by atoms with van der Waals surface area (Å²) in [5.74, 6) is 0.0713. The highest BCUT2D eigenvalue weighted by atomic mass is 16.5. The molecule has 1 aliphatic carbocycles. The van der Waals surface area contributed by atoms with E-state index in [4.69, 9.17) is 4.74 Å². The highest BCUT2D eigenvalue weighted by molar-refractivity contribution is 6.08. The first-order chi connectivity index (χ1) is 13.1. The van der Waals surface area contributed by atoms with Crippen LogP contribution in [0.3, 0.4) is 0 Å². The fourth-order valence-electron chi connectivity index (χ4n) is 4.14. The Morgan fingerprint density at radius 1 is 1.22 bits per heavy atom. The first-order valence-corrected chi connectivity index (χ1v) is 10.1. The van der Waals surface area contributed by atoms with Crippen molar-refractivity contribution in [1.29, 1.82) is 0 Å². The van der Waals surface area contributed by atoms with Gasteiger partial charge in [0.05, 0.1) is 12.7 Å². The zero-order chi connectivity index (χ0) is 19.2. The molecule has 1 heterocycles. The molecular formula is C22H30N2O3. The third-order valence-electron chi connectivity index (χ3n) is 5.58. The number of carbonyl (C=O) groups excluding carboxylic acids is 2. The first-order valence-electron chi connectivity index (χ1n) is 10.1. The monoisotopic (exact) mass is 370 g/mol. The fraction of sp³-hybridized carbons (Fsp3) is 0.545. The van der Waals surface area contributed by atoms with Crippen LogP contribution in [0.5, 0.6) is 0 Å². The Hall–Kier alpha value is -2.30. The van der Waals surface area contributed by atoms with Crippen LogP contribution >= 0.6 is 0 Å².